The zero-order valence-electron chi connectivity index (χ0n) is 15.1. The quantitative estimate of drug-likeness (QED) is 0.766. The molecule has 0 spiro atoms. The second kappa shape index (κ2) is 8.01. The molecule has 3 rings (SSSR count). The summed E-state index contributed by atoms with van der Waals surface area (Å²) in [5.41, 5.74) is 2.20. The molecule has 0 radical (unpaired) electrons. The molecule has 1 saturated heterocycles. The number of amides is 1. The SMILES string of the molecule is CCN1CCN(C(=O)[C@@H](C)Sc2nncn2-c2ccccc2C)CC1. The molecule has 2 heterocycles. The summed E-state index contributed by atoms with van der Waals surface area (Å²) in [6.07, 6.45) is 1.71. The van der Waals surface area contributed by atoms with Crippen molar-refractivity contribution >= 4 is 17.7 Å². The molecule has 0 saturated carbocycles. The Bertz CT molecular complexity index is 724. The molecule has 1 atom stereocenters. The van der Waals surface area contributed by atoms with Crippen LogP contribution in [0.4, 0.5) is 0 Å². The Morgan fingerprint density at radius 3 is 2.64 bits per heavy atom. The fourth-order valence-electron chi connectivity index (χ4n) is 3.05. The van der Waals surface area contributed by atoms with Crippen LogP contribution in [0.15, 0.2) is 35.7 Å². The third-order valence-corrected chi connectivity index (χ3v) is 5.70. The average molecular weight is 359 g/mol. The summed E-state index contributed by atoms with van der Waals surface area (Å²) in [5.74, 6) is 0.181. The molecule has 1 aromatic carbocycles. The van der Waals surface area contributed by atoms with E-state index in [1.54, 1.807) is 6.33 Å². The van der Waals surface area contributed by atoms with Crippen molar-refractivity contribution < 1.29 is 4.79 Å². The van der Waals surface area contributed by atoms with Crippen LogP contribution in [0.3, 0.4) is 0 Å². The van der Waals surface area contributed by atoms with Crippen LogP contribution in [0.5, 0.6) is 0 Å². The number of benzene rings is 1. The minimum Gasteiger partial charge on any atom is -0.339 e. The lowest BCUT2D eigenvalue weighted by Crippen LogP contribution is -2.50. The highest BCUT2D eigenvalue weighted by atomic mass is 32.2. The van der Waals surface area contributed by atoms with Gasteiger partial charge in [-0.05, 0) is 32.0 Å². The van der Waals surface area contributed by atoms with Crippen molar-refractivity contribution in [1.29, 1.82) is 0 Å². The van der Waals surface area contributed by atoms with Gasteiger partial charge in [-0.1, -0.05) is 36.9 Å². The van der Waals surface area contributed by atoms with Crippen LogP contribution in [0.1, 0.15) is 19.4 Å². The van der Waals surface area contributed by atoms with E-state index in [2.05, 4.69) is 35.0 Å². The van der Waals surface area contributed by atoms with Gasteiger partial charge in [0.2, 0.25) is 5.91 Å². The van der Waals surface area contributed by atoms with Gasteiger partial charge < -0.3 is 9.80 Å². The van der Waals surface area contributed by atoms with Crippen LogP contribution >= 0.6 is 11.8 Å². The smallest absolute Gasteiger partial charge is 0.235 e. The Balaban J connectivity index is 1.68. The molecule has 0 bridgehead atoms. The molecule has 134 valence electrons. The van der Waals surface area contributed by atoms with Crippen LogP contribution in [0.2, 0.25) is 0 Å². The number of carbonyl (C=O) groups excluding carboxylic acids is 1. The van der Waals surface area contributed by atoms with Crippen molar-refractivity contribution in [3.8, 4) is 5.69 Å². The lowest BCUT2D eigenvalue weighted by molar-refractivity contribution is -0.132. The van der Waals surface area contributed by atoms with E-state index in [4.69, 9.17) is 0 Å². The summed E-state index contributed by atoms with van der Waals surface area (Å²) < 4.78 is 1.96. The first-order valence-corrected chi connectivity index (χ1v) is 9.62. The Morgan fingerprint density at radius 2 is 1.96 bits per heavy atom. The zero-order valence-corrected chi connectivity index (χ0v) is 15.9. The standard InChI is InChI=1S/C18H25N5OS/c1-4-21-9-11-22(12-10-21)17(24)15(3)25-18-20-19-13-23(18)16-8-6-5-7-14(16)2/h5-8,13,15H,4,9-12H2,1-3H3/t15-/m1/s1. The lowest BCUT2D eigenvalue weighted by Gasteiger charge is -2.35. The fraction of sp³-hybridized carbons (Fsp3) is 0.500. The van der Waals surface area contributed by atoms with Gasteiger partial charge in [-0.15, -0.1) is 10.2 Å². The molecule has 2 aromatic rings. The largest absolute Gasteiger partial charge is 0.339 e. The van der Waals surface area contributed by atoms with Gasteiger partial charge in [-0.2, -0.15) is 0 Å². The molecule has 1 aliphatic rings. The number of thioether (sulfide) groups is 1. The Morgan fingerprint density at radius 1 is 1.24 bits per heavy atom. The normalized spacial score (nSPS) is 16.8. The summed E-state index contributed by atoms with van der Waals surface area (Å²) in [7, 11) is 0. The minimum absolute atomic E-state index is 0.180. The number of piperazine rings is 1. The molecule has 0 unspecified atom stereocenters. The van der Waals surface area contributed by atoms with Crippen LogP contribution in [-0.4, -0.2) is 68.4 Å². The molecule has 1 amide bonds. The van der Waals surface area contributed by atoms with E-state index in [0.29, 0.717) is 0 Å². The maximum Gasteiger partial charge on any atom is 0.235 e. The third-order valence-electron chi connectivity index (χ3n) is 4.65. The topological polar surface area (TPSA) is 54.3 Å². The zero-order chi connectivity index (χ0) is 17.8. The minimum atomic E-state index is -0.180. The number of rotatable bonds is 5. The number of carbonyl (C=O) groups is 1. The van der Waals surface area contributed by atoms with Gasteiger partial charge in [0.05, 0.1) is 10.9 Å². The van der Waals surface area contributed by atoms with Crippen LogP contribution in [0, 0.1) is 6.92 Å². The maximum atomic E-state index is 12.8. The molecular formula is C18H25N5OS. The van der Waals surface area contributed by atoms with E-state index >= 15 is 0 Å². The van der Waals surface area contributed by atoms with Crippen molar-refractivity contribution in [3.05, 3.63) is 36.2 Å². The van der Waals surface area contributed by atoms with Gasteiger partial charge in [-0.3, -0.25) is 9.36 Å². The Hall–Kier alpha value is -1.86. The van der Waals surface area contributed by atoms with E-state index in [1.165, 1.54) is 11.8 Å². The van der Waals surface area contributed by atoms with Gasteiger partial charge in [0.25, 0.3) is 0 Å². The summed E-state index contributed by atoms with van der Waals surface area (Å²) in [6, 6.07) is 8.11. The molecule has 1 fully saturated rings. The van der Waals surface area contributed by atoms with E-state index in [9.17, 15) is 4.79 Å². The highest BCUT2D eigenvalue weighted by molar-refractivity contribution is 8.00. The fourth-order valence-corrected chi connectivity index (χ4v) is 3.97. The van der Waals surface area contributed by atoms with Crippen molar-refractivity contribution in [2.45, 2.75) is 31.2 Å². The molecule has 7 heteroatoms. The Kier molecular flexibility index (Phi) is 5.75. The van der Waals surface area contributed by atoms with Crippen LogP contribution in [-0.2, 0) is 4.79 Å². The highest BCUT2D eigenvalue weighted by Crippen LogP contribution is 2.26. The number of hydrogen-bond donors (Lipinski definition) is 0. The van der Waals surface area contributed by atoms with Gasteiger partial charge in [0.1, 0.15) is 6.33 Å². The van der Waals surface area contributed by atoms with Crippen LogP contribution < -0.4 is 0 Å². The summed E-state index contributed by atoms with van der Waals surface area (Å²) in [6.45, 7) is 10.8. The van der Waals surface area contributed by atoms with Crippen molar-refractivity contribution in [1.82, 2.24) is 24.6 Å². The number of aromatic nitrogens is 3. The molecular weight excluding hydrogens is 334 g/mol. The monoisotopic (exact) mass is 359 g/mol. The first-order chi connectivity index (χ1) is 12.1. The van der Waals surface area contributed by atoms with Crippen LogP contribution in [0.25, 0.3) is 5.69 Å². The summed E-state index contributed by atoms with van der Waals surface area (Å²) in [4.78, 5) is 17.1. The summed E-state index contributed by atoms with van der Waals surface area (Å²) in [5, 5.41) is 8.84. The predicted molar refractivity (Wildman–Crippen MR) is 100 cm³/mol. The van der Waals surface area contributed by atoms with Gasteiger partial charge in [0.15, 0.2) is 5.16 Å². The number of hydrogen-bond acceptors (Lipinski definition) is 5. The Labute approximate surface area is 153 Å². The summed E-state index contributed by atoms with van der Waals surface area (Å²) >= 11 is 1.47. The third kappa shape index (κ3) is 4.04. The molecule has 1 aromatic heterocycles. The molecule has 0 N–H and O–H groups in total. The number of aryl methyl sites for hydroxylation is 1. The van der Waals surface area contributed by atoms with E-state index in [-0.39, 0.29) is 11.2 Å². The first-order valence-electron chi connectivity index (χ1n) is 8.74. The molecule has 25 heavy (non-hydrogen) atoms. The first kappa shape index (κ1) is 17.9. The van der Waals surface area contributed by atoms with E-state index in [0.717, 1.165) is 49.1 Å². The number of likely N-dealkylation sites (N-methyl/N-ethyl adjacent to an activating group) is 1. The second-order valence-electron chi connectivity index (χ2n) is 6.29. The highest BCUT2D eigenvalue weighted by Gasteiger charge is 2.26. The van der Waals surface area contributed by atoms with E-state index in [1.807, 2.05) is 34.6 Å². The molecule has 6 nitrogen and oxygen atoms in total. The average Bonchev–Trinajstić information content (AvgIpc) is 3.09. The van der Waals surface area contributed by atoms with Gasteiger partial charge in [0, 0.05) is 26.2 Å². The maximum absolute atomic E-state index is 12.8. The van der Waals surface area contributed by atoms with Crippen molar-refractivity contribution in [2.75, 3.05) is 32.7 Å². The van der Waals surface area contributed by atoms with Gasteiger partial charge in [-0.25, -0.2) is 0 Å². The van der Waals surface area contributed by atoms with E-state index < -0.39 is 0 Å². The number of para-hydroxylation sites is 1. The van der Waals surface area contributed by atoms with Gasteiger partial charge >= 0.3 is 0 Å². The van der Waals surface area contributed by atoms with Crippen molar-refractivity contribution in [2.24, 2.45) is 0 Å². The second-order valence-corrected chi connectivity index (χ2v) is 7.60. The lowest BCUT2D eigenvalue weighted by atomic mass is 10.2. The molecule has 0 aliphatic carbocycles. The number of nitrogens with zero attached hydrogens (tertiary/aromatic N) is 5. The predicted octanol–water partition coefficient (Wildman–Crippen LogP) is 2.22. The van der Waals surface area contributed by atoms with Crippen molar-refractivity contribution in [3.63, 3.8) is 0 Å². The molecule has 1 aliphatic heterocycles.